The first-order valence-electron chi connectivity index (χ1n) is 5.84. The highest BCUT2D eigenvalue weighted by Gasteiger charge is 2.29. The zero-order chi connectivity index (χ0) is 12.8. The number of nitrogens with two attached hydrogens (primary N) is 1. The summed E-state index contributed by atoms with van der Waals surface area (Å²) in [7, 11) is 1.43. The summed E-state index contributed by atoms with van der Waals surface area (Å²) in [4.78, 5) is 22.6. The van der Waals surface area contributed by atoms with Gasteiger partial charge in [-0.25, -0.2) is 0 Å². The Morgan fingerprint density at radius 3 is 2.76 bits per heavy atom. The second-order valence-electron chi connectivity index (χ2n) is 4.37. The highest BCUT2D eigenvalue weighted by molar-refractivity contribution is 5.81. The van der Waals surface area contributed by atoms with Crippen LogP contribution in [0.3, 0.4) is 0 Å². The summed E-state index contributed by atoms with van der Waals surface area (Å²) in [5.74, 6) is -1.40. The average Bonchev–Trinajstić information content (AvgIpc) is 2.30. The maximum atomic E-state index is 11.7. The van der Waals surface area contributed by atoms with E-state index in [4.69, 9.17) is 15.6 Å². The van der Waals surface area contributed by atoms with E-state index in [1.54, 1.807) is 0 Å². The number of hydrogen-bond acceptors (Lipinski definition) is 4. The van der Waals surface area contributed by atoms with E-state index in [1.165, 1.54) is 7.11 Å². The van der Waals surface area contributed by atoms with Crippen molar-refractivity contribution in [2.24, 2.45) is 11.7 Å². The van der Waals surface area contributed by atoms with Gasteiger partial charge in [-0.3, -0.25) is 9.59 Å². The molecule has 17 heavy (non-hydrogen) atoms. The van der Waals surface area contributed by atoms with Gasteiger partial charge in [0.1, 0.15) is 6.10 Å². The summed E-state index contributed by atoms with van der Waals surface area (Å²) in [5.41, 5.74) is 5.38. The van der Waals surface area contributed by atoms with Crippen LogP contribution in [-0.4, -0.2) is 42.8 Å². The number of ether oxygens (including phenoxy) is 1. The van der Waals surface area contributed by atoms with Crippen LogP contribution < -0.4 is 11.1 Å². The number of carbonyl (C=O) groups is 2. The predicted molar refractivity (Wildman–Crippen MR) is 61.4 cm³/mol. The molecule has 1 aliphatic rings. The fourth-order valence-corrected chi connectivity index (χ4v) is 2.15. The van der Waals surface area contributed by atoms with Crippen LogP contribution in [-0.2, 0) is 14.3 Å². The van der Waals surface area contributed by atoms with Crippen LogP contribution in [0.15, 0.2) is 0 Å². The summed E-state index contributed by atoms with van der Waals surface area (Å²) in [6.07, 6.45) is 2.16. The summed E-state index contributed by atoms with van der Waals surface area (Å²) in [5, 5.41) is 11.7. The zero-order valence-corrected chi connectivity index (χ0v) is 10.0. The lowest BCUT2D eigenvalue weighted by Crippen LogP contribution is -2.47. The number of carbonyl (C=O) groups excluding carboxylic acids is 1. The molecule has 0 bridgehead atoms. The molecule has 1 fully saturated rings. The number of amides is 1. The minimum Gasteiger partial charge on any atom is -0.481 e. The van der Waals surface area contributed by atoms with Gasteiger partial charge in [-0.15, -0.1) is 0 Å². The molecule has 4 N–H and O–H groups in total. The van der Waals surface area contributed by atoms with Crippen molar-refractivity contribution in [2.45, 2.75) is 37.8 Å². The van der Waals surface area contributed by atoms with Crippen LogP contribution in [0, 0.1) is 5.92 Å². The second kappa shape index (κ2) is 6.56. The molecule has 1 saturated carbocycles. The van der Waals surface area contributed by atoms with Gasteiger partial charge in [0, 0.05) is 19.7 Å². The number of carboxylic acids is 1. The lowest BCUT2D eigenvalue weighted by molar-refractivity contribution is -0.143. The molecule has 1 aliphatic carbocycles. The Morgan fingerprint density at radius 2 is 2.24 bits per heavy atom. The van der Waals surface area contributed by atoms with Gasteiger partial charge >= 0.3 is 5.97 Å². The molecule has 3 atom stereocenters. The number of carboxylic acid groups (broad SMARTS) is 1. The molecule has 6 nitrogen and oxygen atoms in total. The number of hydrogen-bond donors (Lipinski definition) is 3. The molecule has 1 rings (SSSR count). The number of aliphatic carboxylic acids is 1. The average molecular weight is 244 g/mol. The Morgan fingerprint density at radius 1 is 1.53 bits per heavy atom. The minimum atomic E-state index is -0.786. The van der Waals surface area contributed by atoms with Gasteiger partial charge in [0.2, 0.25) is 0 Å². The molecule has 0 aromatic carbocycles. The minimum absolute atomic E-state index is 0.0819. The standard InChI is InChI=1S/C11H20N2O4/c1-17-9(6-12)10(14)13-8-4-2-3-7(5-8)11(15)16/h7-9H,2-6,12H2,1H3,(H,13,14)(H,15,16). The van der Waals surface area contributed by atoms with E-state index in [9.17, 15) is 9.59 Å². The van der Waals surface area contributed by atoms with Gasteiger partial charge in [-0.05, 0) is 19.3 Å². The molecule has 6 heteroatoms. The van der Waals surface area contributed by atoms with Crippen LogP contribution in [0.25, 0.3) is 0 Å². The molecule has 1 amide bonds. The van der Waals surface area contributed by atoms with Crippen molar-refractivity contribution in [2.75, 3.05) is 13.7 Å². The Kier molecular flexibility index (Phi) is 5.37. The molecule has 0 aromatic heterocycles. The largest absolute Gasteiger partial charge is 0.481 e. The van der Waals surface area contributed by atoms with Crippen LogP contribution in [0.5, 0.6) is 0 Å². The van der Waals surface area contributed by atoms with E-state index in [1.807, 2.05) is 0 Å². The van der Waals surface area contributed by atoms with Gasteiger partial charge in [0.15, 0.2) is 0 Å². The van der Waals surface area contributed by atoms with Crippen LogP contribution in [0.4, 0.5) is 0 Å². The smallest absolute Gasteiger partial charge is 0.306 e. The van der Waals surface area contributed by atoms with E-state index in [0.717, 1.165) is 12.8 Å². The first kappa shape index (κ1) is 13.9. The predicted octanol–water partition coefficient (Wildman–Crippen LogP) is -0.280. The Labute approximate surface area is 101 Å². The molecule has 0 spiro atoms. The van der Waals surface area contributed by atoms with Gasteiger partial charge in [-0.2, -0.15) is 0 Å². The fourth-order valence-electron chi connectivity index (χ4n) is 2.15. The SMILES string of the molecule is COC(CN)C(=O)NC1CCCC(C(=O)O)C1. The summed E-state index contributed by atoms with van der Waals surface area (Å²) in [6, 6.07) is -0.0819. The number of rotatable bonds is 5. The van der Waals surface area contributed by atoms with Gasteiger partial charge < -0.3 is 20.9 Å². The van der Waals surface area contributed by atoms with Crippen LogP contribution in [0.1, 0.15) is 25.7 Å². The van der Waals surface area contributed by atoms with Crippen molar-refractivity contribution in [3.05, 3.63) is 0 Å². The molecule has 98 valence electrons. The van der Waals surface area contributed by atoms with Crippen molar-refractivity contribution in [3.8, 4) is 0 Å². The van der Waals surface area contributed by atoms with Crippen molar-refractivity contribution in [1.82, 2.24) is 5.32 Å². The molecule has 3 unspecified atom stereocenters. The molecule has 0 heterocycles. The Bertz CT molecular complexity index is 279. The normalized spacial score (nSPS) is 26.2. The first-order valence-corrected chi connectivity index (χ1v) is 5.84. The summed E-state index contributed by atoms with van der Waals surface area (Å²) < 4.78 is 4.92. The zero-order valence-electron chi connectivity index (χ0n) is 10.0. The third kappa shape index (κ3) is 3.98. The molecular formula is C11H20N2O4. The second-order valence-corrected chi connectivity index (χ2v) is 4.37. The van der Waals surface area contributed by atoms with Crippen LogP contribution >= 0.6 is 0 Å². The maximum Gasteiger partial charge on any atom is 0.306 e. The number of methoxy groups -OCH3 is 1. The highest BCUT2D eigenvalue weighted by Crippen LogP contribution is 2.24. The van der Waals surface area contributed by atoms with E-state index in [2.05, 4.69) is 5.32 Å². The third-order valence-electron chi connectivity index (χ3n) is 3.16. The molecule has 0 aliphatic heterocycles. The van der Waals surface area contributed by atoms with E-state index in [-0.39, 0.29) is 24.4 Å². The summed E-state index contributed by atoms with van der Waals surface area (Å²) in [6.45, 7) is 0.122. The van der Waals surface area contributed by atoms with E-state index < -0.39 is 12.1 Å². The molecule has 0 aromatic rings. The molecule has 0 saturated heterocycles. The third-order valence-corrected chi connectivity index (χ3v) is 3.16. The lowest BCUT2D eigenvalue weighted by Gasteiger charge is -2.28. The van der Waals surface area contributed by atoms with Crippen molar-refractivity contribution < 1.29 is 19.4 Å². The Balaban J connectivity index is 2.45. The first-order chi connectivity index (χ1) is 8.08. The van der Waals surface area contributed by atoms with Gasteiger partial charge in [0.25, 0.3) is 5.91 Å². The maximum absolute atomic E-state index is 11.7. The monoisotopic (exact) mass is 244 g/mol. The van der Waals surface area contributed by atoms with Crippen molar-refractivity contribution in [3.63, 3.8) is 0 Å². The summed E-state index contributed by atoms with van der Waals surface area (Å²) >= 11 is 0. The van der Waals surface area contributed by atoms with E-state index in [0.29, 0.717) is 12.8 Å². The highest BCUT2D eigenvalue weighted by atomic mass is 16.5. The number of nitrogens with one attached hydrogen (secondary N) is 1. The van der Waals surface area contributed by atoms with Crippen molar-refractivity contribution >= 4 is 11.9 Å². The van der Waals surface area contributed by atoms with Crippen molar-refractivity contribution in [1.29, 1.82) is 0 Å². The quantitative estimate of drug-likeness (QED) is 0.617. The van der Waals surface area contributed by atoms with Gasteiger partial charge in [-0.1, -0.05) is 6.42 Å². The molecule has 0 radical (unpaired) electrons. The molecular weight excluding hydrogens is 224 g/mol. The fraction of sp³-hybridized carbons (Fsp3) is 0.818. The lowest BCUT2D eigenvalue weighted by atomic mass is 9.85. The van der Waals surface area contributed by atoms with Gasteiger partial charge in [0.05, 0.1) is 5.92 Å². The van der Waals surface area contributed by atoms with Crippen LogP contribution in [0.2, 0.25) is 0 Å². The topological polar surface area (TPSA) is 102 Å². The Hall–Kier alpha value is -1.14. The van der Waals surface area contributed by atoms with E-state index >= 15 is 0 Å².